The van der Waals surface area contributed by atoms with Crippen molar-refractivity contribution >= 4 is 17.3 Å². The van der Waals surface area contributed by atoms with Gasteiger partial charge >= 0.3 is 0 Å². The summed E-state index contributed by atoms with van der Waals surface area (Å²) < 4.78 is 5.55. The van der Waals surface area contributed by atoms with Crippen LogP contribution in [-0.2, 0) is 4.79 Å². The predicted molar refractivity (Wildman–Crippen MR) is 78.1 cm³/mol. The summed E-state index contributed by atoms with van der Waals surface area (Å²) in [6, 6.07) is 5.47. The minimum absolute atomic E-state index is 0.335. The Morgan fingerprint density at radius 2 is 2.11 bits per heavy atom. The standard InChI is InChI=1S/C14H23N3O2/c1-4-7-19-12-8-10(5-6-11(12)15)17-9-14(2,3)13(16)18/h5-6,8,17H,4,7,9,15H2,1-3H3,(H2,16,18). The summed E-state index contributed by atoms with van der Waals surface area (Å²) >= 11 is 0. The highest BCUT2D eigenvalue weighted by Gasteiger charge is 2.24. The molecular formula is C14H23N3O2. The van der Waals surface area contributed by atoms with Gasteiger partial charge in [0.2, 0.25) is 5.91 Å². The molecule has 0 unspecified atom stereocenters. The van der Waals surface area contributed by atoms with E-state index in [2.05, 4.69) is 5.32 Å². The lowest BCUT2D eigenvalue weighted by molar-refractivity contribution is -0.125. The Hall–Kier alpha value is -1.91. The molecule has 1 aromatic carbocycles. The summed E-state index contributed by atoms with van der Waals surface area (Å²) in [5.41, 5.74) is 12.0. The third kappa shape index (κ3) is 4.35. The van der Waals surface area contributed by atoms with Crippen molar-refractivity contribution in [1.82, 2.24) is 0 Å². The van der Waals surface area contributed by atoms with Crippen LogP contribution < -0.4 is 21.5 Å². The van der Waals surface area contributed by atoms with Crippen LogP contribution >= 0.6 is 0 Å². The first-order chi connectivity index (χ1) is 8.86. The van der Waals surface area contributed by atoms with Gasteiger partial charge in [0.15, 0.2) is 0 Å². The molecule has 5 N–H and O–H groups in total. The second-order valence-corrected chi connectivity index (χ2v) is 5.20. The molecule has 0 atom stereocenters. The molecule has 19 heavy (non-hydrogen) atoms. The van der Waals surface area contributed by atoms with Gasteiger partial charge in [0.1, 0.15) is 5.75 Å². The van der Waals surface area contributed by atoms with Crippen LogP contribution in [0, 0.1) is 5.41 Å². The zero-order valence-electron chi connectivity index (χ0n) is 11.8. The smallest absolute Gasteiger partial charge is 0.224 e. The molecule has 0 aliphatic rings. The number of carbonyl (C=O) groups is 1. The lowest BCUT2D eigenvalue weighted by atomic mass is 9.92. The van der Waals surface area contributed by atoms with Gasteiger partial charge in [0, 0.05) is 18.3 Å². The van der Waals surface area contributed by atoms with Crippen LogP contribution in [0.5, 0.6) is 5.75 Å². The maximum atomic E-state index is 11.2. The maximum absolute atomic E-state index is 11.2. The number of primary amides is 1. The molecule has 0 bridgehead atoms. The van der Waals surface area contributed by atoms with Gasteiger partial charge in [-0.2, -0.15) is 0 Å². The molecule has 0 saturated heterocycles. The van der Waals surface area contributed by atoms with Gasteiger partial charge in [-0.1, -0.05) is 6.92 Å². The molecule has 0 fully saturated rings. The highest BCUT2D eigenvalue weighted by Crippen LogP contribution is 2.26. The van der Waals surface area contributed by atoms with Gasteiger partial charge in [-0.15, -0.1) is 0 Å². The van der Waals surface area contributed by atoms with E-state index in [9.17, 15) is 4.79 Å². The number of benzene rings is 1. The highest BCUT2D eigenvalue weighted by atomic mass is 16.5. The van der Waals surface area contributed by atoms with Crippen LogP contribution in [0.25, 0.3) is 0 Å². The minimum atomic E-state index is -0.605. The number of amides is 1. The van der Waals surface area contributed by atoms with Crippen molar-refractivity contribution in [2.24, 2.45) is 11.1 Å². The molecule has 0 aromatic heterocycles. The minimum Gasteiger partial charge on any atom is -0.491 e. The first kappa shape index (κ1) is 15.1. The summed E-state index contributed by atoms with van der Waals surface area (Å²) in [5.74, 6) is 0.321. The SMILES string of the molecule is CCCOc1cc(NCC(C)(C)C(N)=O)ccc1N. The molecule has 0 aliphatic heterocycles. The third-order valence-electron chi connectivity index (χ3n) is 2.88. The molecule has 0 saturated carbocycles. The zero-order valence-corrected chi connectivity index (χ0v) is 11.8. The van der Waals surface area contributed by atoms with Crippen LogP contribution in [0.1, 0.15) is 27.2 Å². The zero-order chi connectivity index (χ0) is 14.5. The molecule has 1 rings (SSSR count). The lowest BCUT2D eigenvalue weighted by Gasteiger charge is -2.21. The first-order valence-corrected chi connectivity index (χ1v) is 6.43. The number of nitrogens with two attached hydrogens (primary N) is 2. The van der Waals surface area contributed by atoms with Crippen molar-refractivity contribution in [3.05, 3.63) is 18.2 Å². The topological polar surface area (TPSA) is 90.4 Å². The van der Waals surface area contributed by atoms with E-state index in [-0.39, 0.29) is 5.91 Å². The Bertz CT molecular complexity index is 444. The molecular weight excluding hydrogens is 242 g/mol. The Morgan fingerprint density at radius 3 is 2.68 bits per heavy atom. The van der Waals surface area contributed by atoms with Crippen molar-refractivity contribution < 1.29 is 9.53 Å². The largest absolute Gasteiger partial charge is 0.491 e. The summed E-state index contributed by atoms with van der Waals surface area (Å²) in [5, 5.41) is 3.17. The highest BCUT2D eigenvalue weighted by molar-refractivity contribution is 5.80. The van der Waals surface area contributed by atoms with Crippen LogP contribution in [0.2, 0.25) is 0 Å². The number of ether oxygens (including phenoxy) is 1. The van der Waals surface area contributed by atoms with E-state index in [0.29, 0.717) is 24.6 Å². The van der Waals surface area contributed by atoms with Crippen molar-refractivity contribution in [1.29, 1.82) is 0 Å². The summed E-state index contributed by atoms with van der Waals surface area (Å²) in [6.07, 6.45) is 0.922. The number of nitrogens with one attached hydrogen (secondary N) is 1. The van der Waals surface area contributed by atoms with E-state index >= 15 is 0 Å². The second-order valence-electron chi connectivity index (χ2n) is 5.20. The molecule has 5 nitrogen and oxygen atoms in total. The molecule has 0 radical (unpaired) electrons. The molecule has 106 valence electrons. The lowest BCUT2D eigenvalue weighted by Crippen LogP contribution is -2.37. The maximum Gasteiger partial charge on any atom is 0.224 e. The Kier molecular flexibility index (Phi) is 5.03. The molecule has 1 amide bonds. The average Bonchev–Trinajstić information content (AvgIpc) is 2.36. The number of hydrogen-bond donors (Lipinski definition) is 3. The Labute approximate surface area is 114 Å². The van der Waals surface area contributed by atoms with E-state index < -0.39 is 5.41 Å². The molecule has 1 aromatic rings. The summed E-state index contributed by atoms with van der Waals surface area (Å²) in [6.45, 7) is 6.72. The van der Waals surface area contributed by atoms with Crippen molar-refractivity contribution in [2.45, 2.75) is 27.2 Å². The van der Waals surface area contributed by atoms with Crippen LogP contribution in [-0.4, -0.2) is 19.1 Å². The third-order valence-corrected chi connectivity index (χ3v) is 2.88. The van der Waals surface area contributed by atoms with E-state index in [1.54, 1.807) is 19.9 Å². The fraction of sp³-hybridized carbons (Fsp3) is 0.500. The van der Waals surface area contributed by atoms with Crippen LogP contribution in [0.4, 0.5) is 11.4 Å². The Morgan fingerprint density at radius 1 is 1.42 bits per heavy atom. The second kappa shape index (κ2) is 6.31. The van der Waals surface area contributed by atoms with E-state index in [0.717, 1.165) is 12.1 Å². The quantitative estimate of drug-likeness (QED) is 0.657. The number of carbonyl (C=O) groups excluding carboxylic acids is 1. The van der Waals surface area contributed by atoms with Crippen molar-refractivity contribution in [3.8, 4) is 5.75 Å². The van der Waals surface area contributed by atoms with E-state index in [4.69, 9.17) is 16.2 Å². The normalized spacial score (nSPS) is 11.1. The average molecular weight is 265 g/mol. The van der Waals surface area contributed by atoms with Gasteiger partial charge in [-0.3, -0.25) is 4.79 Å². The number of anilines is 2. The van der Waals surface area contributed by atoms with Gasteiger partial charge in [-0.25, -0.2) is 0 Å². The van der Waals surface area contributed by atoms with Gasteiger partial charge in [-0.05, 0) is 32.4 Å². The van der Waals surface area contributed by atoms with Crippen molar-refractivity contribution in [3.63, 3.8) is 0 Å². The summed E-state index contributed by atoms with van der Waals surface area (Å²) in [4.78, 5) is 11.2. The Balaban J connectivity index is 2.72. The number of hydrogen-bond acceptors (Lipinski definition) is 4. The fourth-order valence-electron chi connectivity index (χ4n) is 1.39. The predicted octanol–water partition coefficient (Wildman–Crippen LogP) is 1.98. The first-order valence-electron chi connectivity index (χ1n) is 6.43. The molecule has 0 aliphatic carbocycles. The van der Waals surface area contributed by atoms with Crippen LogP contribution in [0.3, 0.4) is 0 Å². The number of rotatable bonds is 7. The van der Waals surface area contributed by atoms with Crippen molar-refractivity contribution in [2.75, 3.05) is 24.2 Å². The fourth-order valence-corrected chi connectivity index (χ4v) is 1.39. The van der Waals surface area contributed by atoms with Crippen LogP contribution in [0.15, 0.2) is 18.2 Å². The molecule has 5 heteroatoms. The van der Waals surface area contributed by atoms with Gasteiger partial charge in [0.25, 0.3) is 0 Å². The monoisotopic (exact) mass is 265 g/mol. The van der Waals surface area contributed by atoms with E-state index in [1.807, 2.05) is 19.1 Å². The molecule has 0 spiro atoms. The van der Waals surface area contributed by atoms with Gasteiger partial charge in [0.05, 0.1) is 17.7 Å². The van der Waals surface area contributed by atoms with Gasteiger partial charge < -0.3 is 21.5 Å². The number of nitrogen functional groups attached to an aromatic ring is 1. The molecule has 0 heterocycles. The van der Waals surface area contributed by atoms with E-state index in [1.165, 1.54) is 0 Å². The summed E-state index contributed by atoms with van der Waals surface area (Å²) in [7, 11) is 0.